The zero-order valence-electron chi connectivity index (χ0n) is 22.9. The summed E-state index contributed by atoms with van der Waals surface area (Å²) < 4.78 is 28.4. The van der Waals surface area contributed by atoms with Crippen LogP contribution in [0, 0.1) is 12.8 Å². The summed E-state index contributed by atoms with van der Waals surface area (Å²) in [5.41, 5.74) is 9.59. The van der Waals surface area contributed by atoms with Crippen molar-refractivity contribution in [1.82, 2.24) is 9.62 Å². The molecular weight excluding hydrogens is 510 g/mol. The van der Waals surface area contributed by atoms with E-state index in [4.69, 9.17) is 5.73 Å². The molecule has 0 unspecified atom stereocenters. The molecule has 1 amide bonds. The molecule has 2 atom stereocenters. The maximum atomic E-state index is 13.6. The number of hydrogen-bond donors (Lipinski definition) is 3. The highest BCUT2D eigenvalue weighted by Gasteiger charge is 2.31. The van der Waals surface area contributed by atoms with E-state index in [0.717, 1.165) is 22.3 Å². The van der Waals surface area contributed by atoms with E-state index in [1.54, 1.807) is 24.3 Å². The highest BCUT2D eigenvalue weighted by Crippen LogP contribution is 2.20. The maximum absolute atomic E-state index is 13.6. The van der Waals surface area contributed by atoms with Gasteiger partial charge in [0.25, 0.3) is 0 Å². The molecule has 3 rings (SSSR count). The topological polar surface area (TPSA) is 113 Å². The van der Waals surface area contributed by atoms with E-state index in [2.05, 4.69) is 11.9 Å². The number of aliphatic hydroxyl groups is 1. The fraction of sp³-hybridized carbons (Fsp3) is 0.323. The summed E-state index contributed by atoms with van der Waals surface area (Å²) in [4.78, 5) is 13.3. The number of hydrogen-bond acceptors (Lipinski definition) is 5. The normalized spacial score (nSPS) is 13.3. The molecule has 0 saturated heterocycles. The van der Waals surface area contributed by atoms with Crippen molar-refractivity contribution in [1.29, 1.82) is 0 Å². The Labute approximate surface area is 232 Å². The second kappa shape index (κ2) is 13.6. The van der Waals surface area contributed by atoms with E-state index in [1.807, 2.05) is 75.4 Å². The molecule has 8 heteroatoms. The van der Waals surface area contributed by atoms with Crippen molar-refractivity contribution in [2.45, 2.75) is 50.7 Å². The highest BCUT2D eigenvalue weighted by atomic mass is 32.2. The van der Waals surface area contributed by atoms with Crippen LogP contribution >= 0.6 is 0 Å². The monoisotopic (exact) mass is 549 g/mol. The van der Waals surface area contributed by atoms with Crippen LogP contribution < -0.4 is 11.1 Å². The van der Waals surface area contributed by atoms with Gasteiger partial charge >= 0.3 is 0 Å². The fourth-order valence-electron chi connectivity index (χ4n) is 4.35. The Hall–Kier alpha value is -3.46. The number of nitrogens with zero attached hydrogens (tertiary/aromatic N) is 1. The largest absolute Gasteiger partial charge is 0.399 e. The molecule has 0 aliphatic rings. The summed E-state index contributed by atoms with van der Waals surface area (Å²) in [6.45, 7) is 9.57. The van der Waals surface area contributed by atoms with Gasteiger partial charge in [-0.2, -0.15) is 4.31 Å². The van der Waals surface area contributed by atoms with Crippen LogP contribution in [0.1, 0.15) is 36.1 Å². The predicted molar refractivity (Wildman–Crippen MR) is 156 cm³/mol. The number of nitrogens with one attached hydrogen (secondary N) is 1. The van der Waals surface area contributed by atoms with E-state index in [0.29, 0.717) is 12.1 Å². The number of benzene rings is 3. The van der Waals surface area contributed by atoms with Crippen molar-refractivity contribution in [3.63, 3.8) is 0 Å². The number of carbonyl (C=O) groups is 1. The van der Waals surface area contributed by atoms with Gasteiger partial charge in [0, 0.05) is 18.8 Å². The lowest BCUT2D eigenvalue weighted by atomic mass is 10.00. The van der Waals surface area contributed by atoms with Gasteiger partial charge in [-0.05, 0) is 54.2 Å². The Bertz CT molecular complexity index is 1360. The average Bonchev–Trinajstić information content (AvgIpc) is 2.88. The zero-order chi connectivity index (χ0) is 28.6. The van der Waals surface area contributed by atoms with Gasteiger partial charge < -0.3 is 16.2 Å². The van der Waals surface area contributed by atoms with Crippen molar-refractivity contribution in [3.05, 3.63) is 108 Å². The number of sulfonamides is 1. The lowest BCUT2D eigenvalue weighted by Crippen LogP contribution is -2.51. The molecule has 0 radical (unpaired) electrons. The Morgan fingerprint density at radius 1 is 0.974 bits per heavy atom. The number of nitrogens with two attached hydrogens (primary N) is 1. The summed E-state index contributed by atoms with van der Waals surface area (Å²) in [6, 6.07) is 22.7. The molecule has 0 aliphatic heterocycles. The molecule has 4 N–H and O–H groups in total. The van der Waals surface area contributed by atoms with Crippen LogP contribution in [0.5, 0.6) is 0 Å². The molecule has 39 heavy (non-hydrogen) atoms. The van der Waals surface area contributed by atoms with Crippen molar-refractivity contribution in [2.24, 2.45) is 11.7 Å². The van der Waals surface area contributed by atoms with Crippen molar-refractivity contribution in [3.8, 4) is 0 Å². The summed E-state index contributed by atoms with van der Waals surface area (Å²) >= 11 is 0. The van der Waals surface area contributed by atoms with Crippen molar-refractivity contribution in [2.75, 3.05) is 13.1 Å². The zero-order valence-corrected chi connectivity index (χ0v) is 23.7. The van der Waals surface area contributed by atoms with E-state index in [1.165, 1.54) is 4.31 Å². The van der Waals surface area contributed by atoms with Crippen molar-refractivity contribution >= 4 is 21.6 Å². The minimum atomic E-state index is -3.86. The first-order valence-corrected chi connectivity index (χ1v) is 14.5. The summed E-state index contributed by atoms with van der Waals surface area (Å²) in [5.74, 6) is -0.254. The average molecular weight is 550 g/mol. The molecule has 0 aromatic heterocycles. The summed E-state index contributed by atoms with van der Waals surface area (Å²) in [7, 11) is -3.86. The number of aliphatic hydroxyl groups excluding tert-OH is 1. The van der Waals surface area contributed by atoms with Gasteiger partial charge in [-0.25, -0.2) is 8.42 Å². The highest BCUT2D eigenvalue weighted by molar-refractivity contribution is 7.89. The molecule has 0 aliphatic carbocycles. The molecule has 3 aromatic rings. The van der Waals surface area contributed by atoms with Crippen molar-refractivity contribution < 1.29 is 18.3 Å². The first-order valence-electron chi connectivity index (χ1n) is 13.1. The Kier molecular flexibility index (Phi) is 10.5. The molecule has 0 heterocycles. The van der Waals surface area contributed by atoms with Gasteiger partial charge in [0.2, 0.25) is 15.9 Å². The van der Waals surface area contributed by atoms with E-state index < -0.39 is 22.2 Å². The first kappa shape index (κ1) is 30.1. The lowest BCUT2D eigenvalue weighted by molar-refractivity contribution is -0.122. The molecule has 0 saturated carbocycles. The second-order valence-corrected chi connectivity index (χ2v) is 12.3. The second-order valence-electron chi connectivity index (χ2n) is 10.4. The van der Waals surface area contributed by atoms with Crippen LogP contribution in [-0.4, -0.2) is 49.0 Å². The van der Waals surface area contributed by atoms with Crippen LogP contribution in [0.15, 0.2) is 90.3 Å². The summed E-state index contributed by atoms with van der Waals surface area (Å²) in [6.07, 6.45) is -0.729. The molecule has 208 valence electrons. The third kappa shape index (κ3) is 8.78. The van der Waals surface area contributed by atoms with Gasteiger partial charge in [0.15, 0.2) is 0 Å². The third-order valence-electron chi connectivity index (χ3n) is 6.39. The Morgan fingerprint density at radius 3 is 2.23 bits per heavy atom. The minimum Gasteiger partial charge on any atom is -0.399 e. The molecule has 0 bridgehead atoms. The van der Waals surface area contributed by atoms with Crippen LogP contribution in [0.3, 0.4) is 0 Å². The number of rotatable bonds is 13. The number of amides is 1. The van der Waals surface area contributed by atoms with Gasteiger partial charge in [0.05, 0.1) is 23.5 Å². The van der Waals surface area contributed by atoms with E-state index >= 15 is 0 Å². The van der Waals surface area contributed by atoms with Gasteiger partial charge in [-0.15, -0.1) is 0 Å². The van der Waals surface area contributed by atoms with E-state index in [9.17, 15) is 18.3 Å². The van der Waals surface area contributed by atoms with Gasteiger partial charge in [0.1, 0.15) is 0 Å². The predicted octanol–water partition coefficient (Wildman–Crippen LogP) is 3.90. The SMILES string of the molecule is C=C(N)c1cccc(CC(=O)N[C@@H](Cc2ccccc2)[C@H](O)CN(CC(C)C)S(=O)(=O)c2ccc(C)cc2)c1. The Balaban J connectivity index is 1.84. The minimum absolute atomic E-state index is 0.0316. The smallest absolute Gasteiger partial charge is 0.243 e. The number of aryl methyl sites for hydroxylation is 1. The third-order valence-corrected chi connectivity index (χ3v) is 8.24. The van der Waals surface area contributed by atoms with Crippen LogP contribution in [0.4, 0.5) is 0 Å². The fourth-order valence-corrected chi connectivity index (χ4v) is 5.97. The van der Waals surface area contributed by atoms with E-state index in [-0.39, 0.29) is 36.2 Å². The Morgan fingerprint density at radius 2 is 1.62 bits per heavy atom. The molecule has 0 fully saturated rings. The molecular formula is C31H39N3O4S. The maximum Gasteiger partial charge on any atom is 0.243 e. The van der Waals surface area contributed by atoms with Gasteiger partial charge in [-0.3, -0.25) is 4.79 Å². The van der Waals surface area contributed by atoms with Crippen LogP contribution in [0.25, 0.3) is 5.70 Å². The molecule has 0 spiro atoms. The lowest BCUT2D eigenvalue weighted by Gasteiger charge is -2.31. The first-order chi connectivity index (χ1) is 18.5. The summed E-state index contributed by atoms with van der Waals surface area (Å²) in [5, 5.41) is 14.3. The quantitative estimate of drug-likeness (QED) is 0.299. The van der Waals surface area contributed by atoms with Crippen LogP contribution in [-0.2, 0) is 27.7 Å². The standard InChI is InChI=1S/C31H39N3O4S/c1-22(2)20-34(39(37,38)28-15-13-23(3)14-16-28)21-30(35)29(18-25-9-6-5-7-10-25)33-31(36)19-26-11-8-12-27(17-26)24(4)32/h5-17,22,29-30,35H,4,18-21,32H2,1-3H3,(H,33,36)/t29-,30+/m0/s1. The molecule has 7 nitrogen and oxygen atoms in total. The number of carbonyl (C=O) groups excluding carboxylic acids is 1. The van der Waals surface area contributed by atoms with Crippen LogP contribution in [0.2, 0.25) is 0 Å². The van der Waals surface area contributed by atoms with Gasteiger partial charge in [-0.1, -0.05) is 86.7 Å². The molecule has 3 aromatic carbocycles.